The van der Waals surface area contributed by atoms with E-state index in [0.717, 1.165) is 24.9 Å². The molecule has 0 saturated carbocycles. The molecule has 7 heteroatoms. The van der Waals surface area contributed by atoms with Gasteiger partial charge >= 0.3 is 6.03 Å². The molecule has 1 heterocycles. The zero-order valence-corrected chi connectivity index (χ0v) is 12.5. The number of rotatable bonds is 5. The minimum Gasteiger partial charge on any atom is -0.352 e. The van der Waals surface area contributed by atoms with Crippen molar-refractivity contribution in [3.05, 3.63) is 29.8 Å². The monoisotopic (exact) mass is 312 g/mol. The molecule has 1 fully saturated rings. The summed E-state index contributed by atoms with van der Waals surface area (Å²) >= 11 is 0. The molecule has 0 spiro atoms. The summed E-state index contributed by atoms with van der Waals surface area (Å²) < 4.78 is 0. The van der Waals surface area contributed by atoms with Gasteiger partial charge in [0.25, 0.3) is 0 Å². The normalized spacial score (nSPS) is 16.9. The first-order valence-corrected chi connectivity index (χ1v) is 6.79. The van der Waals surface area contributed by atoms with E-state index in [2.05, 4.69) is 16.0 Å². The smallest absolute Gasteiger partial charge is 0.316 e. The molecular weight excluding hydrogens is 292 g/mol. The highest BCUT2D eigenvalue weighted by atomic mass is 35.5. The number of anilines is 1. The Labute approximate surface area is 130 Å². The van der Waals surface area contributed by atoms with Crippen LogP contribution in [0.25, 0.3) is 0 Å². The second-order valence-corrected chi connectivity index (χ2v) is 4.96. The van der Waals surface area contributed by atoms with Crippen molar-refractivity contribution in [1.82, 2.24) is 10.6 Å². The van der Waals surface area contributed by atoms with Gasteiger partial charge in [-0.2, -0.15) is 0 Å². The summed E-state index contributed by atoms with van der Waals surface area (Å²) in [6.07, 6.45) is 2.74. The van der Waals surface area contributed by atoms with E-state index in [1.54, 1.807) is 12.1 Å². The van der Waals surface area contributed by atoms with Crippen LogP contribution in [0, 0.1) is 0 Å². The summed E-state index contributed by atoms with van der Waals surface area (Å²) in [5, 5.41) is 8.68. The van der Waals surface area contributed by atoms with E-state index in [1.807, 2.05) is 12.1 Å². The molecule has 0 bridgehead atoms. The first kappa shape index (κ1) is 17.3. The Hall–Kier alpha value is -1.79. The Kier molecular flexibility index (Phi) is 6.98. The molecule has 5 N–H and O–H groups in total. The number of nitrogens with two attached hydrogens (primary N) is 1. The van der Waals surface area contributed by atoms with Gasteiger partial charge < -0.3 is 21.7 Å². The van der Waals surface area contributed by atoms with Crippen LogP contribution < -0.4 is 21.7 Å². The maximum atomic E-state index is 11.8. The molecular formula is C14H21ClN4O2. The van der Waals surface area contributed by atoms with Crippen LogP contribution in [0.2, 0.25) is 0 Å². The Morgan fingerprint density at radius 2 is 2.00 bits per heavy atom. The van der Waals surface area contributed by atoms with Gasteiger partial charge in [-0.15, -0.1) is 12.4 Å². The number of hydrogen-bond donors (Lipinski definition) is 4. The molecule has 1 atom stereocenters. The Bertz CT molecular complexity index is 472. The fourth-order valence-electron chi connectivity index (χ4n) is 2.28. The van der Waals surface area contributed by atoms with Crippen molar-refractivity contribution in [3.8, 4) is 0 Å². The van der Waals surface area contributed by atoms with Crippen molar-refractivity contribution in [3.63, 3.8) is 0 Å². The van der Waals surface area contributed by atoms with Gasteiger partial charge in [-0.05, 0) is 37.1 Å². The molecule has 1 aliphatic rings. The highest BCUT2D eigenvalue weighted by Crippen LogP contribution is 2.10. The van der Waals surface area contributed by atoms with Crippen molar-refractivity contribution < 1.29 is 9.59 Å². The van der Waals surface area contributed by atoms with Crippen molar-refractivity contribution in [2.75, 3.05) is 11.9 Å². The van der Waals surface area contributed by atoms with Gasteiger partial charge in [0, 0.05) is 24.7 Å². The second-order valence-electron chi connectivity index (χ2n) is 4.96. The van der Waals surface area contributed by atoms with Crippen LogP contribution in [0.15, 0.2) is 24.3 Å². The van der Waals surface area contributed by atoms with Gasteiger partial charge in [0.05, 0.1) is 0 Å². The molecule has 3 amide bonds. The molecule has 116 valence electrons. The van der Waals surface area contributed by atoms with E-state index >= 15 is 0 Å². The van der Waals surface area contributed by atoms with Crippen LogP contribution in [-0.4, -0.2) is 24.5 Å². The van der Waals surface area contributed by atoms with Crippen LogP contribution in [0.5, 0.6) is 0 Å². The Morgan fingerprint density at radius 1 is 1.29 bits per heavy atom. The second kappa shape index (κ2) is 8.49. The summed E-state index contributed by atoms with van der Waals surface area (Å²) in [6.45, 7) is 1.49. The number of halogens is 1. The van der Waals surface area contributed by atoms with E-state index in [9.17, 15) is 9.59 Å². The lowest BCUT2D eigenvalue weighted by atomic mass is 10.1. The number of primary amides is 1. The summed E-state index contributed by atoms with van der Waals surface area (Å²) in [5.41, 5.74) is 6.65. The number of carbonyl (C=O) groups excluding carboxylic acids is 2. The van der Waals surface area contributed by atoms with Crippen LogP contribution >= 0.6 is 12.4 Å². The molecule has 1 aliphatic heterocycles. The number of amides is 3. The Balaban J connectivity index is 0.00000220. The molecule has 0 aromatic heterocycles. The van der Waals surface area contributed by atoms with E-state index in [-0.39, 0.29) is 18.3 Å². The fourth-order valence-corrected chi connectivity index (χ4v) is 2.28. The zero-order chi connectivity index (χ0) is 14.4. The quantitative estimate of drug-likeness (QED) is 0.661. The number of nitrogens with one attached hydrogen (secondary N) is 3. The van der Waals surface area contributed by atoms with Gasteiger partial charge in [0.1, 0.15) is 0 Å². The number of hydrogen-bond acceptors (Lipinski definition) is 3. The highest BCUT2D eigenvalue weighted by molar-refractivity contribution is 5.87. The number of benzene rings is 1. The SMILES string of the molecule is Cl.NC(=O)Nc1ccc(CNC(=O)CC2CCCN2)cc1. The van der Waals surface area contributed by atoms with Crippen molar-refractivity contribution in [1.29, 1.82) is 0 Å². The lowest BCUT2D eigenvalue weighted by molar-refractivity contribution is -0.121. The van der Waals surface area contributed by atoms with Gasteiger partial charge in [0.2, 0.25) is 5.91 Å². The summed E-state index contributed by atoms with van der Waals surface area (Å²) in [4.78, 5) is 22.4. The molecule has 1 aromatic rings. The average Bonchev–Trinajstić information content (AvgIpc) is 2.90. The van der Waals surface area contributed by atoms with Gasteiger partial charge in [0.15, 0.2) is 0 Å². The van der Waals surface area contributed by atoms with E-state index in [1.165, 1.54) is 0 Å². The fraction of sp³-hybridized carbons (Fsp3) is 0.429. The standard InChI is InChI=1S/C14H20N4O2.ClH/c15-14(20)18-11-5-3-10(4-6-11)9-17-13(19)8-12-2-1-7-16-12;/h3-6,12,16H,1-2,7-9H2,(H,17,19)(H3,15,18,20);1H. The predicted octanol–water partition coefficient (Wildman–Crippen LogP) is 1.36. The molecule has 0 radical (unpaired) electrons. The van der Waals surface area contributed by atoms with Crippen molar-refractivity contribution >= 4 is 30.0 Å². The van der Waals surface area contributed by atoms with Gasteiger partial charge in [-0.1, -0.05) is 12.1 Å². The zero-order valence-electron chi connectivity index (χ0n) is 11.7. The van der Waals surface area contributed by atoms with Crippen LogP contribution in [0.1, 0.15) is 24.8 Å². The highest BCUT2D eigenvalue weighted by Gasteiger charge is 2.17. The third kappa shape index (κ3) is 6.01. The third-order valence-electron chi connectivity index (χ3n) is 3.31. The van der Waals surface area contributed by atoms with E-state index in [0.29, 0.717) is 24.7 Å². The molecule has 0 aliphatic carbocycles. The first-order valence-electron chi connectivity index (χ1n) is 6.79. The lowest BCUT2D eigenvalue weighted by Gasteiger charge is -2.10. The average molecular weight is 313 g/mol. The van der Waals surface area contributed by atoms with Crippen LogP contribution in [0.4, 0.5) is 10.5 Å². The molecule has 6 nitrogen and oxygen atoms in total. The predicted molar refractivity (Wildman–Crippen MR) is 84.4 cm³/mol. The largest absolute Gasteiger partial charge is 0.352 e. The van der Waals surface area contributed by atoms with E-state index < -0.39 is 6.03 Å². The molecule has 1 unspecified atom stereocenters. The van der Waals surface area contributed by atoms with Crippen LogP contribution in [0.3, 0.4) is 0 Å². The Morgan fingerprint density at radius 3 is 2.57 bits per heavy atom. The first-order chi connectivity index (χ1) is 9.63. The van der Waals surface area contributed by atoms with Crippen LogP contribution in [-0.2, 0) is 11.3 Å². The third-order valence-corrected chi connectivity index (χ3v) is 3.31. The maximum absolute atomic E-state index is 11.8. The molecule has 1 aromatic carbocycles. The topological polar surface area (TPSA) is 96.2 Å². The van der Waals surface area contributed by atoms with E-state index in [4.69, 9.17) is 5.73 Å². The molecule has 1 saturated heterocycles. The summed E-state index contributed by atoms with van der Waals surface area (Å²) in [5.74, 6) is 0.0590. The van der Waals surface area contributed by atoms with Gasteiger partial charge in [-0.3, -0.25) is 4.79 Å². The van der Waals surface area contributed by atoms with Crippen molar-refractivity contribution in [2.45, 2.75) is 31.8 Å². The lowest BCUT2D eigenvalue weighted by Crippen LogP contribution is -2.31. The van der Waals surface area contributed by atoms with Gasteiger partial charge in [-0.25, -0.2) is 4.79 Å². The number of carbonyl (C=O) groups is 2. The minimum absolute atomic E-state index is 0. The van der Waals surface area contributed by atoms with Crippen molar-refractivity contribution in [2.24, 2.45) is 5.73 Å². The maximum Gasteiger partial charge on any atom is 0.316 e. The number of urea groups is 1. The summed E-state index contributed by atoms with van der Waals surface area (Å²) in [7, 11) is 0. The molecule has 2 rings (SSSR count). The summed E-state index contributed by atoms with van der Waals surface area (Å²) in [6, 6.07) is 6.93. The minimum atomic E-state index is -0.588. The molecule has 21 heavy (non-hydrogen) atoms.